The first kappa shape index (κ1) is 12.9. The number of hydrogen-bond donors (Lipinski definition) is 3. The topological polar surface area (TPSA) is 52.5 Å². The summed E-state index contributed by atoms with van der Waals surface area (Å²) in [6.07, 6.45) is 1.39. The van der Waals surface area contributed by atoms with E-state index in [2.05, 4.69) is 19.2 Å². The molecule has 0 aromatic heterocycles. The summed E-state index contributed by atoms with van der Waals surface area (Å²) in [6, 6.07) is 0. The number of aliphatic hydroxyl groups excluding tert-OH is 2. The normalized spacial score (nSPS) is 16.2. The molecule has 0 radical (unpaired) electrons. The van der Waals surface area contributed by atoms with Crippen LogP contribution < -0.4 is 5.32 Å². The summed E-state index contributed by atoms with van der Waals surface area (Å²) >= 11 is 0. The molecule has 0 aromatic rings. The Morgan fingerprint density at radius 3 is 2.00 bits per heavy atom. The Balaban J connectivity index is 3.53. The van der Waals surface area contributed by atoms with Gasteiger partial charge in [-0.05, 0) is 12.8 Å². The van der Waals surface area contributed by atoms with E-state index in [1.54, 1.807) is 6.92 Å². The summed E-state index contributed by atoms with van der Waals surface area (Å²) in [4.78, 5) is 0. The molecule has 3 nitrogen and oxygen atoms in total. The zero-order valence-electron chi connectivity index (χ0n) is 8.95. The SMILES string of the molecule is CCC(CC)C(O)CNCC(C)O. The van der Waals surface area contributed by atoms with E-state index in [4.69, 9.17) is 5.11 Å². The number of hydrogen-bond acceptors (Lipinski definition) is 3. The van der Waals surface area contributed by atoms with Crippen molar-refractivity contribution < 1.29 is 10.2 Å². The van der Waals surface area contributed by atoms with Gasteiger partial charge < -0.3 is 15.5 Å². The predicted octanol–water partition coefficient (Wildman–Crippen LogP) is 0.754. The molecule has 0 rings (SSSR count). The van der Waals surface area contributed by atoms with Gasteiger partial charge in [-0.2, -0.15) is 0 Å². The van der Waals surface area contributed by atoms with E-state index in [1.807, 2.05) is 0 Å². The molecule has 0 saturated carbocycles. The second-order valence-corrected chi connectivity index (χ2v) is 3.65. The molecule has 3 heteroatoms. The van der Waals surface area contributed by atoms with Crippen molar-refractivity contribution in [2.75, 3.05) is 13.1 Å². The Kier molecular flexibility index (Phi) is 7.23. The van der Waals surface area contributed by atoms with E-state index in [0.29, 0.717) is 19.0 Å². The van der Waals surface area contributed by atoms with Crippen molar-refractivity contribution >= 4 is 0 Å². The molecule has 0 heterocycles. The fourth-order valence-electron chi connectivity index (χ4n) is 1.44. The second-order valence-electron chi connectivity index (χ2n) is 3.65. The molecule has 0 amide bonds. The molecule has 0 aliphatic rings. The summed E-state index contributed by atoms with van der Waals surface area (Å²) in [6.45, 7) is 7.04. The van der Waals surface area contributed by atoms with Gasteiger partial charge in [0.05, 0.1) is 12.2 Å². The fourth-order valence-corrected chi connectivity index (χ4v) is 1.44. The lowest BCUT2D eigenvalue weighted by molar-refractivity contribution is 0.0961. The van der Waals surface area contributed by atoms with Gasteiger partial charge in [-0.25, -0.2) is 0 Å². The highest BCUT2D eigenvalue weighted by Gasteiger charge is 2.14. The van der Waals surface area contributed by atoms with Crippen molar-refractivity contribution in [2.24, 2.45) is 5.92 Å². The van der Waals surface area contributed by atoms with E-state index in [1.165, 1.54) is 0 Å². The molecule has 0 bridgehead atoms. The van der Waals surface area contributed by atoms with Crippen molar-refractivity contribution in [3.63, 3.8) is 0 Å². The molecule has 0 spiro atoms. The van der Waals surface area contributed by atoms with Crippen LogP contribution in [0.1, 0.15) is 33.6 Å². The van der Waals surface area contributed by atoms with Crippen molar-refractivity contribution in [3.8, 4) is 0 Å². The van der Waals surface area contributed by atoms with Crippen LogP contribution in [0, 0.1) is 5.92 Å². The number of aliphatic hydroxyl groups is 2. The third-order valence-electron chi connectivity index (χ3n) is 2.39. The van der Waals surface area contributed by atoms with Gasteiger partial charge >= 0.3 is 0 Å². The second kappa shape index (κ2) is 7.30. The van der Waals surface area contributed by atoms with Gasteiger partial charge in [0.15, 0.2) is 0 Å². The molecule has 0 aliphatic carbocycles. The monoisotopic (exact) mass is 189 g/mol. The molecule has 0 aromatic carbocycles. The maximum Gasteiger partial charge on any atom is 0.0692 e. The lowest BCUT2D eigenvalue weighted by Crippen LogP contribution is -2.35. The number of nitrogens with one attached hydrogen (secondary N) is 1. The molecule has 13 heavy (non-hydrogen) atoms. The molecule has 2 atom stereocenters. The van der Waals surface area contributed by atoms with Gasteiger partial charge in [0.25, 0.3) is 0 Å². The third-order valence-corrected chi connectivity index (χ3v) is 2.39. The van der Waals surface area contributed by atoms with Crippen LogP contribution in [0.25, 0.3) is 0 Å². The molecule has 0 aliphatic heterocycles. The highest BCUT2D eigenvalue weighted by atomic mass is 16.3. The van der Waals surface area contributed by atoms with Crippen LogP contribution >= 0.6 is 0 Å². The van der Waals surface area contributed by atoms with E-state index >= 15 is 0 Å². The van der Waals surface area contributed by atoms with Crippen LogP contribution in [0.3, 0.4) is 0 Å². The van der Waals surface area contributed by atoms with Crippen LogP contribution in [0.5, 0.6) is 0 Å². The first-order valence-electron chi connectivity index (χ1n) is 5.18. The van der Waals surface area contributed by atoms with Gasteiger partial charge in [0.2, 0.25) is 0 Å². The highest BCUT2D eigenvalue weighted by Crippen LogP contribution is 2.11. The Hall–Kier alpha value is -0.120. The Morgan fingerprint density at radius 1 is 1.08 bits per heavy atom. The lowest BCUT2D eigenvalue weighted by atomic mass is 9.96. The molecule has 80 valence electrons. The van der Waals surface area contributed by atoms with Gasteiger partial charge in [0, 0.05) is 13.1 Å². The Labute approximate surface area is 81.2 Å². The predicted molar refractivity (Wildman–Crippen MR) is 54.6 cm³/mol. The third kappa shape index (κ3) is 6.02. The van der Waals surface area contributed by atoms with Crippen LogP contribution in [-0.2, 0) is 0 Å². The minimum atomic E-state index is -0.339. The molecule has 0 fully saturated rings. The Morgan fingerprint density at radius 2 is 1.62 bits per heavy atom. The first-order chi connectivity index (χ1) is 6.11. The quantitative estimate of drug-likeness (QED) is 0.554. The molecule has 0 saturated heterocycles. The van der Waals surface area contributed by atoms with Crippen LogP contribution in [0.2, 0.25) is 0 Å². The molecule has 3 N–H and O–H groups in total. The standard InChI is InChI=1S/C10H23NO2/c1-4-9(5-2)10(13)7-11-6-8(3)12/h8-13H,4-7H2,1-3H3. The molecular formula is C10H23NO2. The van der Waals surface area contributed by atoms with Crippen molar-refractivity contribution in [1.82, 2.24) is 5.32 Å². The van der Waals surface area contributed by atoms with Gasteiger partial charge in [-0.15, -0.1) is 0 Å². The molecular weight excluding hydrogens is 166 g/mol. The van der Waals surface area contributed by atoms with Crippen molar-refractivity contribution in [1.29, 1.82) is 0 Å². The maximum absolute atomic E-state index is 9.68. The zero-order valence-corrected chi connectivity index (χ0v) is 8.95. The Bertz CT molecular complexity index is 113. The van der Waals surface area contributed by atoms with E-state index in [9.17, 15) is 5.11 Å². The minimum absolute atomic E-state index is 0.284. The summed E-state index contributed by atoms with van der Waals surface area (Å²) in [7, 11) is 0. The fraction of sp³-hybridized carbons (Fsp3) is 1.00. The summed E-state index contributed by atoms with van der Waals surface area (Å²) in [5.74, 6) is 0.376. The minimum Gasteiger partial charge on any atom is -0.392 e. The van der Waals surface area contributed by atoms with Crippen LogP contribution in [0.4, 0.5) is 0 Å². The number of rotatable bonds is 7. The van der Waals surface area contributed by atoms with Gasteiger partial charge in [-0.3, -0.25) is 0 Å². The van der Waals surface area contributed by atoms with Gasteiger partial charge in [0.1, 0.15) is 0 Å². The smallest absolute Gasteiger partial charge is 0.0692 e. The van der Waals surface area contributed by atoms with Crippen LogP contribution in [0.15, 0.2) is 0 Å². The van der Waals surface area contributed by atoms with E-state index in [0.717, 1.165) is 12.8 Å². The van der Waals surface area contributed by atoms with Crippen molar-refractivity contribution in [3.05, 3.63) is 0 Å². The lowest BCUT2D eigenvalue weighted by Gasteiger charge is -2.20. The van der Waals surface area contributed by atoms with E-state index < -0.39 is 0 Å². The maximum atomic E-state index is 9.68. The highest BCUT2D eigenvalue weighted by molar-refractivity contribution is 4.69. The zero-order chi connectivity index (χ0) is 10.3. The summed E-state index contributed by atoms with van der Waals surface area (Å²) in [5.41, 5.74) is 0. The average Bonchev–Trinajstić information content (AvgIpc) is 2.05. The van der Waals surface area contributed by atoms with Crippen molar-refractivity contribution in [2.45, 2.75) is 45.8 Å². The summed E-state index contributed by atoms with van der Waals surface area (Å²) < 4.78 is 0. The van der Waals surface area contributed by atoms with Crippen LogP contribution in [-0.4, -0.2) is 35.5 Å². The largest absolute Gasteiger partial charge is 0.392 e. The average molecular weight is 189 g/mol. The first-order valence-corrected chi connectivity index (χ1v) is 5.18. The molecule has 2 unspecified atom stereocenters. The summed E-state index contributed by atoms with van der Waals surface area (Å²) in [5, 5.41) is 21.7. The van der Waals surface area contributed by atoms with Gasteiger partial charge in [-0.1, -0.05) is 26.7 Å². The van der Waals surface area contributed by atoms with E-state index in [-0.39, 0.29) is 12.2 Å².